The van der Waals surface area contributed by atoms with Crippen LogP contribution in [0.5, 0.6) is 5.75 Å². The molecular formula is C21H18F3NOSe. The van der Waals surface area contributed by atoms with E-state index in [4.69, 9.17) is 0 Å². The summed E-state index contributed by atoms with van der Waals surface area (Å²) < 4.78 is 42.1. The number of alkyl halides is 3. The quantitative estimate of drug-likeness (QED) is 0.515. The van der Waals surface area contributed by atoms with Crippen LogP contribution in [0.25, 0.3) is 0 Å². The van der Waals surface area contributed by atoms with Crippen molar-refractivity contribution in [3.63, 3.8) is 0 Å². The summed E-state index contributed by atoms with van der Waals surface area (Å²) in [4.78, 5) is 0. The van der Waals surface area contributed by atoms with Crippen molar-refractivity contribution in [3.05, 3.63) is 90.5 Å². The zero-order valence-corrected chi connectivity index (χ0v) is 16.0. The molecular weight excluding hydrogens is 418 g/mol. The van der Waals surface area contributed by atoms with E-state index in [1.807, 2.05) is 36.4 Å². The van der Waals surface area contributed by atoms with Crippen LogP contribution in [0.2, 0.25) is 5.32 Å². The Balaban J connectivity index is 1.71. The molecule has 6 heteroatoms. The fourth-order valence-corrected chi connectivity index (χ4v) is 4.62. The number of ether oxygens (including phenoxy) is 1. The molecule has 0 aliphatic rings. The third-order valence-corrected chi connectivity index (χ3v) is 6.11. The molecule has 0 aliphatic carbocycles. The van der Waals surface area contributed by atoms with E-state index in [0.29, 0.717) is 0 Å². The summed E-state index contributed by atoms with van der Waals surface area (Å²) in [5.74, 6) is -0.224. The molecule has 0 saturated carbocycles. The summed E-state index contributed by atoms with van der Waals surface area (Å²) >= 11 is 0.272. The Morgan fingerprint density at radius 2 is 1.41 bits per heavy atom. The number of anilines is 1. The average Bonchev–Trinajstić information content (AvgIpc) is 2.67. The Morgan fingerprint density at radius 1 is 0.815 bits per heavy atom. The summed E-state index contributed by atoms with van der Waals surface area (Å²) in [5.41, 5.74) is 1.90. The fourth-order valence-electron chi connectivity index (χ4n) is 2.56. The van der Waals surface area contributed by atoms with Crippen LogP contribution >= 0.6 is 0 Å². The molecule has 3 aromatic rings. The van der Waals surface area contributed by atoms with Gasteiger partial charge in [-0.15, -0.1) is 0 Å². The number of hydrogen-bond donors (Lipinski definition) is 1. The Bertz CT molecular complexity index is 824. The molecule has 0 heterocycles. The van der Waals surface area contributed by atoms with Crippen LogP contribution < -0.4 is 14.5 Å². The monoisotopic (exact) mass is 437 g/mol. The van der Waals surface area contributed by atoms with Crippen molar-refractivity contribution in [2.45, 2.75) is 17.7 Å². The number of nitrogens with one attached hydrogen (secondary N) is 1. The van der Waals surface area contributed by atoms with Gasteiger partial charge >= 0.3 is 162 Å². The molecule has 3 aromatic carbocycles. The van der Waals surface area contributed by atoms with Crippen LogP contribution in [-0.2, 0) is 0 Å². The zero-order valence-electron chi connectivity index (χ0n) is 14.3. The maximum atomic E-state index is 12.3. The first kappa shape index (κ1) is 19.3. The van der Waals surface area contributed by atoms with Gasteiger partial charge in [-0.2, -0.15) is 0 Å². The topological polar surface area (TPSA) is 21.3 Å². The van der Waals surface area contributed by atoms with Gasteiger partial charge in [0, 0.05) is 0 Å². The molecule has 0 spiro atoms. The fraction of sp³-hybridized carbons (Fsp3) is 0.143. The molecule has 1 N–H and O–H groups in total. The molecule has 0 aromatic heterocycles. The molecule has 2 nitrogen and oxygen atoms in total. The summed E-state index contributed by atoms with van der Waals surface area (Å²) in [6.45, 7) is 0. The second kappa shape index (κ2) is 8.98. The second-order valence-electron chi connectivity index (χ2n) is 5.80. The van der Waals surface area contributed by atoms with E-state index in [0.717, 1.165) is 16.6 Å². The normalized spacial score (nSPS) is 12.4. The van der Waals surface area contributed by atoms with E-state index >= 15 is 0 Å². The minimum atomic E-state index is -4.68. The Kier molecular flexibility index (Phi) is 6.43. The SMILES string of the molecule is FC(F)(F)Oc1ccc(NC(C[Se]c2ccccc2)c2ccccc2)cc1. The van der Waals surface area contributed by atoms with Crippen molar-refractivity contribution in [1.82, 2.24) is 0 Å². The molecule has 0 radical (unpaired) electrons. The molecule has 1 atom stereocenters. The van der Waals surface area contributed by atoms with Crippen molar-refractivity contribution >= 4 is 25.1 Å². The first-order valence-corrected chi connectivity index (χ1v) is 10.4. The van der Waals surface area contributed by atoms with E-state index in [9.17, 15) is 13.2 Å². The first-order valence-electron chi connectivity index (χ1n) is 8.35. The van der Waals surface area contributed by atoms with Gasteiger partial charge in [0.15, 0.2) is 0 Å². The number of benzene rings is 3. The molecule has 0 saturated heterocycles. The Labute approximate surface area is 162 Å². The number of halogens is 3. The number of hydrogen-bond acceptors (Lipinski definition) is 2. The standard InChI is InChI=1S/C21H18F3NOSe/c22-21(23,24)26-18-13-11-17(12-14-18)25-20(16-7-3-1-4-8-16)15-27-19-9-5-2-6-10-19/h1-14,20,25H,15H2. The van der Waals surface area contributed by atoms with Crippen molar-refractivity contribution in [2.24, 2.45) is 0 Å². The minimum absolute atomic E-state index is 0.0702. The van der Waals surface area contributed by atoms with Crippen LogP contribution in [0, 0.1) is 0 Å². The van der Waals surface area contributed by atoms with Gasteiger partial charge in [-0.3, -0.25) is 0 Å². The van der Waals surface area contributed by atoms with E-state index in [1.165, 1.54) is 16.6 Å². The van der Waals surface area contributed by atoms with Crippen LogP contribution in [0.1, 0.15) is 11.6 Å². The van der Waals surface area contributed by atoms with E-state index < -0.39 is 6.36 Å². The maximum absolute atomic E-state index is 12.3. The third-order valence-electron chi connectivity index (χ3n) is 3.79. The molecule has 0 amide bonds. The number of rotatable bonds is 7. The zero-order chi connectivity index (χ0) is 19.1. The predicted molar refractivity (Wildman–Crippen MR) is 103 cm³/mol. The van der Waals surface area contributed by atoms with Crippen LogP contribution in [0.15, 0.2) is 84.9 Å². The predicted octanol–water partition coefficient (Wildman–Crippen LogP) is 5.19. The molecule has 0 fully saturated rings. The van der Waals surface area contributed by atoms with Crippen LogP contribution in [0.4, 0.5) is 18.9 Å². The van der Waals surface area contributed by atoms with Crippen molar-refractivity contribution < 1.29 is 17.9 Å². The van der Waals surface area contributed by atoms with Gasteiger partial charge in [0.1, 0.15) is 0 Å². The summed E-state index contributed by atoms with van der Waals surface area (Å²) in [6.07, 6.45) is -4.68. The molecule has 0 bridgehead atoms. The van der Waals surface area contributed by atoms with E-state index in [2.05, 4.69) is 34.3 Å². The van der Waals surface area contributed by atoms with Crippen molar-refractivity contribution in [3.8, 4) is 5.75 Å². The van der Waals surface area contributed by atoms with Gasteiger partial charge in [0.2, 0.25) is 0 Å². The second-order valence-corrected chi connectivity index (χ2v) is 8.10. The Hall–Kier alpha value is -2.43. The summed E-state index contributed by atoms with van der Waals surface area (Å²) in [6, 6.07) is 26.3. The van der Waals surface area contributed by atoms with Gasteiger partial charge in [-0.25, -0.2) is 0 Å². The van der Waals surface area contributed by atoms with Crippen LogP contribution in [0.3, 0.4) is 0 Å². The molecule has 0 aliphatic heterocycles. The van der Waals surface area contributed by atoms with Gasteiger partial charge in [0.25, 0.3) is 0 Å². The molecule has 27 heavy (non-hydrogen) atoms. The van der Waals surface area contributed by atoms with Crippen molar-refractivity contribution in [2.75, 3.05) is 5.32 Å². The summed E-state index contributed by atoms with van der Waals surface area (Å²) in [7, 11) is 0. The van der Waals surface area contributed by atoms with Gasteiger partial charge < -0.3 is 0 Å². The Morgan fingerprint density at radius 3 is 2.00 bits per heavy atom. The average molecular weight is 436 g/mol. The molecule has 140 valence electrons. The third kappa shape index (κ3) is 6.35. The first-order chi connectivity index (χ1) is 13.0. The molecule has 1 unspecified atom stereocenters. The van der Waals surface area contributed by atoms with E-state index in [-0.39, 0.29) is 26.7 Å². The van der Waals surface area contributed by atoms with Crippen molar-refractivity contribution in [1.29, 1.82) is 0 Å². The summed E-state index contributed by atoms with van der Waals surface area (Å²) in [5, 5.41) is 4.35. The van der Waals surface area contributed by atoms with E-state index in [1.54, 1.807) is 12.1 Å². The van der Waals surface area contributed by atoms with Gasteiger partial charge in [-0.1, -0.05) is 0 Å². The van der Waals surface area contributed by atoms with Gasteiger partial charge in [-0.05, 0) is 0 Å². The van der Waals surface area contributed by atoms with Gasteiger partial charge in [0.05, 0.1) is 0 Å². The van der Waals surface area contributed by atoms with Crippen LogP contribution in [-0.4, -0.2) is 21.3 Å². The molecule has 3 rings (SSSR count).